The fourth-order valence-electron chi connectivity index (χ4n) is 7.90. The van der Waals surface area contributed by atoms with E-state index < -0.39 is 46.2 Å². The maximum Gasteiger partial charge on any atom is 0.417 e. The van der Waals surface area contributed by atoms with Gasteiger partial charge in [-0.3, -0.25) is 9.69 Å². The van der Waals surface area contributed by atoms with E-state index in [1.54, 1.807) is 16.8 Å². The second kappa shape index (κ2) is 12.4. The number of likely N-dealkylation sites (tertiary alicyclic amines) is 1. The molecule has 0 saturated carbocycles. The zero-order valence-electron chi connectivity index (χ0n) is 27.2. The number of likely N-dealkylation sites (N-methyl/N-ethyl adjacent to an activating group) is 1. The molecule has 3 saturated heterocycles. The summed E-state index contributed by atoms with van der Waals surface area (Å²) in [6.45, 7) is 3.15. The van der Waals surface area contributed by atoms with E-state index in [-0.39, 0.29) is 81.5 Å². The van der Waals surface area contributed by atoms with Crippen molar-refractivity contribution in [2.45, 2.75) is 63.0 Å². The molecular weight excluding hydrogens is 684 g/mol. The molecule has 9 nitrogen and oxygen atoms in total. The first kappa shape index (κ1) is 34.1. The minimum Gasteiger partial charge on any atom is -0.461 e. The molecule has 3 aliphatic heterocycles. The van der Waals surface area contributed by atoms with E-state index in [2.05, 4.69) is 9.97 Å². The van der Waals surface area contributed by atoms with Crippen molar-refractivity contribution in [2.24, 2.45) is 0 Å². The molecule has 16 heteroatoms. The minimum absolute atomic E-state index is 0.0168. The summed E-state index contributed by atoms with van der Waals surface area (Å²) in [6.07, 6.45) is -3.23. The fraction of sp³-hybridized carbons (Fsp3) is 0.471. The molecule has 264 valence electrons. The molecule has 3 fully saturated rings. The van der Waals surface area contributed by atoms with Crippen LogP contribution in [0.4, 0.5) is 37.2 Å². The molecule has 1 amide bonds. The first-order valence-corrected chi connectivity index (χ1v) is 17.1. The average Bonchev–Trinajstić information content (AvgIpc) is 3.72. The van der Waals surface area contributed by atoms with E-state index in [0.29, 0.717) is 43.7 Å². The van der Waals surface area contributed by atoms with E-state index in [9.17, 15) is 32.0 Å². The number of anilines is 2. The summed E-state index contributed by atoms with van der Waals surface area (Å²) in [5.74, 6) is -2.41. The number of rotatable bonds is 6. The van der Waals surface area contributed by atoms with Crippen molar-refractivity contribution in [3.63, 3.8) is 0 Å². The number of fused-ring (bicyclic) bond motifs is 3. The molecule has 3 atom stereocenters. The lowest BCUT2D eigenvalue weighted by Crippen LogP contribution is -2.48. The summed E-state index contributed by atoms with van der Waals surface area (Å²) in [6, 6.07) is 3.78. The normalized spacial score (nSPS) is 22.7. The predicted molar refractivity (Wildman–Crippen MR) is 177 cm³/mol. The number of piperidine rings is 1. The summed E-state index contributed by atoms with van der Waals surface area (Å²) < 4.78 is 97.3. The Labute approximate surface area is 287 Å². The third-order valence-electron chi connectivity index (χ3n) is 10.3. The second-order valence-electron chi connectivity index (χ2n) is 13.3. The van der Waals surface area contributed by atoms with E-state index >= 15 is 4.39 Å². The van der Waals surface area contributed by atoms with Crippen LogP contribution < -0.4 is 15.4 Å². The van der Waals surface area contributed by atoms with Crippen LogP contribution in [0.3, 0.4) is 0 Å². The Bertz CT molecular complexity index is 2070. The topological polar surface area (TPSA) is 112 Å². The number of carbonyl (C=O) groups is 1. The van der Waals surface area contributed by atoms with Crippen LogP contribution in [0.1, 0.15) is 50.2 Å². The number of carbonyl (C=O) groups excluding carboxylic acids is 1. The van der Waals surface area contributed by atoms with Gasteiger partial charge in [0.1, 0.15) is 41.0 Å². The standard InChI is InChI=1S/C34H33F6N7O2S/c1-17(48)46-9-3-5-19(15-46)45(2)31-21-11-23(34(38,39)40)26(20-6-7-24(36)29-25(20)22(13-41)30(42)50-29)27(37)28(21)43-32(44-31)49-16-33-8-4-10-47(33)14-18(35)12-33/h6-7,11,18-19H,3-5,8-10,12,14-16,42H2,1-2H3/t18-,19-,33+/m1/s1. The molecule has 0 spiro atoms. The zero-order valence-corrected chi connectivity index (χ0v) is 28.0. The Morgan fingerprint density at radius 2 is 2.00 bits per heavy atom. The van der Waals surface area contributed by atoms with E-state index in [1.165, 1.54) is 6.92 Å². The summed E-state index contributed by atoms with van der Waals surface area (Å²) in [7, 11) is 1.61. The van der Waals surface area contributed by atoms with Crippen LogP contribution in [0.25, 0.3) is 32.1 Å². The number of halogens is 6. The van der Waals surface area contributed by atoms with Gasteiger partial charge in [0.2, 0.25) is 5.91 Å². The Kier molecular flexibility index (Phi) is 8.49. The number of aromatic nitrogens is 2. The van der Waals surface area contributed by atoms with Gasteiger partial charge in [-0.25, -0.2) is 13.2 Å². The monoisotopic (exact) mass is 717 g/mol. The number of benzene rings is 2. The highest BCUT2D eigenvalue weighted by atomic mass is 32.1. The molecule has 2 aromatic heterocycles. The van der Waals surface area contributed by atoms with E-state index in [4.69, 9.17) is 10.5 Å². The molecule has 3 aliphatic rings. The zero-order chi connectivity index (χ0) is 35.7. The maximum atomic E-state index is 17.1. The van der Waals surface area contributed by atoms with Crippen LogP contribution in [0.2, 0.25) is 0 Å². The van der Waals surface area contributed by atoms with Gasteiger partial charge < -0.3 is 20.3 Å². The van der Waals surface area contributed by atoms with Crippen molar-refractivity contribution < 1.29 is 35.9 Å². The van der Waals surface area contributed by atoms with Crippen LogP contribution in [0.15, 0.2) is 18.2 Å². The van der Waals surface area contributed by atoms with Crippen molar-refractivity contribution in [1.82, 2.24) is 19.8 Å². The molecule has 0 radical (unpaired) electrons. The van der Waals surface area contributed by atoms with Crippen LogP contribution in [-0.2, 0) is 11.0 Å². The Morgan fingerprint density at radius 3 is 2.72 bits per heavy atom. The smallest absolute Gasteiger partial charge is 0.417 e. The predicted octanol–water partition coefficient (Wildman–Crippen LogP) is 6.66. The summed E-state index contributed by atoms with van der Waals surface area (Å²) in [5.41, 5.74) is 1.88. The van der Waals surface area contributed by atoms with Crippen LogP contribution in [-0.4, -0.2) is 83.3 Å². The van der Waals surface area contributed by atoms with Crippen LogP contribution in [0.5, 0.6) is 6.01 Å². The van der Waals surface area contributed by atoms with Gasteiger partial charge in [0.15, 0.2) is 5.82 Å². The molecule has 50 heavy (non-hydrogen) atoms. The molecule has 0 unspecified atom stereocenters. The Balaban J connectivity index is 1.45. The van der Waals surface area contributed by atoms with Gasteiger partial charge in [-0.15, -0.1) is 11.3 Å². The van der Waals surface area contributed by atoms with Crippen molar-refractivity contribution in [3.8, 4) is 23.2 Å². The molecule has 0 bridgehead atoms. The number of thiophene rings is 1. The molecule has 5 heterocycles. The first-order chi connectivity index (χ1) is 23.7. The highest BCUT2D eigenvalue weighted by molar-refractivity contribution is 7.23. The van der Waals surface area contributed by atoms with Crippen LogP contribution in [0, 0.1) is 23.0 Å². The lowest BCUT2D eigenvalue weighted by molar-refractivity contribution is -0.137. The number of nitrogens with zero attached hydrogens (tertiary/aromatic N) is 6. The van der Waals surface area contributed by atoms with Crippen molar-refractivity contribution >= 4 is 49.1 Å². The van der Waals surface area contributed by atoms with Crippen LogP contribution >= 0.6 is 11.3 Å². The van der Waals surface area contributed by atoms with Crippen molar-refractivity contribution in [3.05, 3.63) is 41.0 Å². The first-order valence-electron chi connectivity index (χ1n) is 16.2. The molecule has 7 rings (SSSR count). The fourth-order valence-corrected chi connectivity index (χ4v) is 8.85. The minimum atomic E-state index is -5.11. The molecular formula is C34H33F6N7O2S. The average molecular weight is 718 g/mol. The lowest BCUT2D eigenvalue weighted by Gasteiger charge is -2.38. The third-order valence-corrected chi connectivity index (χ3v) is 11.4. The number of hydrogen-bond acceptors (Lipinski definition) is 9. The Morgan fingerprint density at radius 1 is 1.22 bits per heavy atom. The lowest BCUT2D eigenvalue weighted by atomic mass is 9.92. The quantitative estimate of drug-likeness (QED) is 0.221. The summed E-state index contributed by atoms with van der Waals surface area (Å²) in [4.78, 5) is 26.3. The number of ether oxygens (including phenoxy) is 1. The van der Waals surface area contributed by atoms with E-state index in [1.807, 2.05) is 11.0 Å². The molecule has 0 aliphatic carbocycles. The van der Waals surface area contributed by atoms with Gasteiger partial charge in [-0.2, -0.15) is 28.4 Å². The maximum absolute atomic E-state index is 17.1. The number of nitriles is 1. The number of nitrogens with two attached hydrogens (primary N) is 1. The largest absolute Gasteiger partial charge is 0.461 e. The SMILES string of the molecule is CC(=O)N1CCC[C@@H](N(C)c2nc(OC[C@@]34CCCN3C[C@H](F)C4)nc3c(F)c(-c4ccc(F)c5sc(N)c(C#N)c45)c(C(F)(F)F)cc23)C1. The number of alkyl halides is 4. The third kappa shape index (κ3) is 5.64. The number of hydrogen-bond donors (Lipinski definition) is 1. The summed E-state index contributed by atoms with van der Waals surface area (Å²) >= 11 is 0.680. The summed E-state index contributed by atoms with van der Waals surface area (Å²) in [5, 5.41) is 9.20. The van der Waals surface area contributed by atoms with Gasteiger partial charge in [0.25, 0.3) is 0 Å². The van der Waals surface area contributed by atoms with Crippen molar-refractivity contribution in [1.29, 1.82) is 5.26 Å². The second-order valence-corrected chi connectivity index (χ2v) is 14.4. The van der Waals surface area contributed by atoms with Crippen molar-refractivity contribution in [2.75, 3.05) is 50.5 Å². The van der Waals surface area contributed by atoms with Gasteiger partial charge in [0, 0.05) is 62.4 Å². The number of nitrogen functional groups attached to an aromatic ring is 1. The number of amides is 1. The van der Waals surface area contributed by atoms with Gasteiger partial charge in [-0.05, 0) is 49.9 Å². The van der Waals surface area contributed by atoms with E-state index in [0.717, 1.165) is 24.6 Å². The highest BCUT2D eigenvalue weighted by Gasteiger charge is 2.49. The molecule has 2 N–H and O–H groups in total. The van der Waals surface area contributed by atoms with Gasteiger partial charge in [-0.1, -0.05) is 6.07 Å². The Hall–Kier alpha value is -4.36. The molecule has 2 aromatic carbocycles. The van der Waals surface area contributed by atoms with Gasteiger partial charge in [0.05, 0.1) is 21.4 Å². The molecule has 4 aromatic rings. The van der Waals surface area contributed by atoms with Gasteiger partial charge >= 0.3 is 12.2 Å². The highest BCUT2D eigenvalue weighted by Crippen LogP contribution is 2.48.